The highest BCUT2D eigenvalue weighted by Gasteiger charge is 2.41. The molecule has 0 aliphatic carbocycles. The molecule has 2 amide bonds. The van der Waals surface area contributed by atoms with Crippen LogP contribution in [-0.4, -0.2) is 44.7 Å². The highest BCUT2D eigenvalue weighted by molar-refractivity contribution is 6.35. The van der Waals surface area contributed by atoms with Crippen LogP contribution < -0.4 is 0 Å². The van der Waals surface area contributed by atoms with E-state index in [0.717, 1.165) is 28.7 Å². The maximum absolute atomic E-state index is 13.6. The number of amides is 2. The van der Waals surface area contributed by atoms with Gasteiger partial charge in [0.15, 0.2) is 0 Å². The number of imide groups is 1. The van der Waals surface area contributed by atoms with Crippen LogP contribution >= 0.6 is 0 Å². The molecule has 0 spiro atoms. The Hall–Kier alpha value is -3.80. The third kappa shape index (κ3) is 4.44. The Morgan fingerprint density at radius 2 is 1.41 bits per heavy atom. The summed E-state index contributed by atoms with van der Waals surface area (Å²) in [5.74, 6) is -0.507. The van der Waals surface area contributed by atoms with Crippen LogP contribution in [0.3, 0.4) is 0 Å². The van der Waals surface area contributed by atoms with E-state index in [2.05, 4.69) is 9.97 Å². The van der Waals surface area contributed by atoms with Gasteiger partial charge in [0.25, 0.3) is 11.8 Å². The average molecular weight is 427 g/mol. The third-order valence-corrected chi connectivity index (χ3v) is 5.69. The molecule has 0 unspecified atom stereocenters. The van der Waals surface area contributed by atoms with Crippen molar-refractivity contribution in [1.82, 2.24) is 19.8 Å². The first kappa shape index (κ1) is 21.4. The Morgan fingerprint density at radius 3 is 2.00 bits per heavy atom. The smallest absolute Gasteiger partial charge is 0.278 e. The van der Waals surface area contributed by atoms with Crippen molar-refractivity contribution in [2.45, 2.75) is 26.8 Å². The van der Waals surface area contributed by atoms with Crippen molar-refractivity contribution in [1.29, 1.82) is 0 Å². The second-order valence-electron chi connectivity index (χ2n) is 7.83. The summed E-state index contributed by atoms with van der Waals surface area (Å²) in [6.45, 7) is 5.49. The summed E-state index contributed by atoms with van der Waals surface area (Å²) in [6, 6.07) is 15.4. The van der Waals surface area contributed by atoms with Gasteiger partial charge in [0.1, 0.15) is 5.70 Å². The highest BCUT2D eigenvalue weighted by atomic mass is 16.2. The topological polar surface area (TPSA) is 66.4 Å². The number of likely N-dealkylation sites (N-methyl/N-ethyl adjacent to an activating group) is 1. The lowest BCUT2D eigenvalue weighted by atomic mass is 10.0. The quantitative estimate of drug-likeness (QED) is 0.515. The molecule has 1 aromatic carbocycles. The van der Waals surface area contributed by atoms with Crippen LogP contribution in [0.2, 0.25) is 0 Å². The number of aryl methyl sites for hydroxylation is 1. The number of carbonyl (C=O) groups is 2. The zero-order valence-corrected chi connectivity index (χ0v) is 18.4. The second-order valence-corrected chi connectivity index (χ2v) is 7.83. The van der Waals surface area contributed by atoms with Gasteiger partial charge in [-0.25, -0.2) is 0 Å². The van der Waals surface area contributed by atoms with Gasteiger partial charge >= 0.3 is 0 Å². The molecule has 0 atom stereocenters. The summed E-state index contributed by atoms with van der Waals surface area (Å²) in [7, 11) is 0. The van der Waals surface area contributed by atoms with Crippen molar-refractivity contribution in [2.24, 2.45) is 0 Å². The Bertz CT molecular complexity index is 1130. The molecule has 6 heteroatoms. The number of carbonyl (C=O) groups excluding carboxylic acids is 2. The van der Waals surface area contributed by atoms with Crippen LogP contribution in [0.4, 0.5) is 0 Å². The molecule has 0 saturated heterocycles. The monoisotopic (exact) mass is 426 g/mol. The minimum absolute atomic E-state index is 0.223. The molecule has 32 heavy (non-hydrogen) atoms. The van der Waals surface area contributed by atoms with Crippen LogP contribution in [0.25, 0.3) is 5.57 Å². The maximum atomic E-state index is 13.6. The van der Waals surface area contributed by atoms with E-state index in [9.17, 15) is 9.59 Å². The van der Waals surface area contributed by atoms with Gasteiger partial charge in [-0.15, -0.1) is 0 Å². The minimum atomic E-state index is -0.256. The molecule has 3 heterocycles. The van der Waals surface area contributed by atoms with Crippen LogP contribution in [0.5, 0.6) is 0 Å². The molecule has 4 rings (SSSR count). The zero-order chi connectivity index (χ0) is 22.5. The van der Waals surface area contributed by atoms with E-state index in [0.29, 0.717) is 24.4 Å². The molecule has 1 aliphatic heterocycles. The van der Waals surface area contributed by atoms with Crippen LogP contribution in [0.1, 0.15) is 29.2 Å². The minimum Gasteiger partial charge on any atom is -0.366 e. The summed E-state index contributed by atoms with van der Waals surface area (Å²) in [6.07, 6.45) is 7.63. The molecule has 0 N–H and O–H groups in total. The number of benzene rings is 1. The van der Waals surface area contributed by atoms with Gasteiger partial charge in [-0.3, -0.25) is 24.5 Å². The van der Waals surface area contributed by atoms with Crippen molar-refractivity contribution >= 4 is 17.4 Å². The lowest BCUT2D eigenvalue weighted by molar-refractivity contribution is -0.138. The number of aromatic nitrogens is 2. The first-order valence-electron chi connectivity index (χ1n) is 10.8. The number of hydrogen-bond donors (Lipinski definition) is 0. The molecule has 1 aliphatic rings. The summed E-state index contributed by atoms with van der Waals surface area (Å²) in [5.41, 5.74) is 4.83. The van der Waals surface area contributed by atoms with Gasteiger partial charge in [-0.2, -0.15) is 0 Å². The first-order valence-corrected chi connectivity index (χ1v) is 10.8. The summed E-state index contributed by atoms with van der Waals surface area (Å²) >= 11 is 0. The van der Waals surface area contributed by atoms with Crippen molar-refractivity contribution in [2.75, 3.05) is 13.1 Å². The fourth-order valence-corrected chi connectivity index (χ4v) is 3.89. The van der Waals surface area contributed by atoms with Crippen molar-refractivity contribution in [3.8, 4) is 0 Å². The van der Waals surface area contributed by atoms with E-state index in [-0.39, 0.29) is 18.4 Å². The number of hydrogen-bond acceptors (Lipinski definition) is 5. The predicted molar refractivity (Wildman–Crippen MR) is 123 cm³/mol. The molecular weight excluding hydrogens is 400 g/mol. The number of rotatable bonds is 8. The average Bonchev–Trinajstić information content (AvgIpc) is 3.06. The largest absolute Gasteiger partial charge is 0.366 e. The van der Waals surface area contributed by atoms with E-state index in [4.69, 9.17) is 0 Å². The summed E-state index contributed by atoms with van der Waals surface area (Å²) in [5, 5.41) is 0. The predicted octanol–water partition coefficient (Wildman–Crippen LogP) is 3.63. The number of pyridine rings is 2. The van der Waals surface area contributed by atoms with E-state index in [1.165, 1.54) is 4.90 Å². The lowest BCUT2D eigenvalue weighted by Crippen LogP contribution is -2.35. The van der Waals surface area contributed by atoms with Gasteiger partial charge in [0.05, 0.1) is 12.1 Å². The van der Waals surface area contributed by atoms with Gasteiger partial charge in [0, 0.05) is 37.9 Å². The first-order chi connectivity index (χ1) is 15.6. The van der Waals surface area contributed by atoms with Gasteiger partial charge < -0.3 is 4.90 Å². The molecule has 0 saturated carbocycles. The fourth-order valence-electron chi connectivity index (χ4n) is 3.89. The summed E-state index contributed by atoms with van der Waals surface area (Å²) < 4.78 is 0. The van der Waals surface area contributed by atoms with Gasteiger partial charge in [-0.1, -0.05) is 29.8 Å². The highest BCUT2D eigenvalue weighted by Crippen LogP contribution is 2.33. The third-order valence-electron chi connectivity index (χ3n) is 5.69. The fraction of sp³-hybridized carbons (Fsp3) is 0.231. The Morgan fingerprint density at radius 1 is 0.812 bits per heavy atom. The number of nitrogens with zero attached hydrogens (tertiary/aromatic N) is 4. The standard InChI is InChI=1S/C26H26N4O2/c1-3-29(17-12-20-8-13-27-14-9-20)24-23(22-6-4-19(2)5-7-22)25(31)30(26(24)32)18-21-10-15-28-16-11-21/h4-11,13-16H,3,12,17-18H2,1-2H3. The van der Waals surface area contributed by atoms with Crippen molar-refractivity contribution < 1.29 is 9.59 Å². The van der Waals surface area contributed by atoms with E-state index in [1.807, 2.05) is 67.3 Å². The SMILES string of the molecule is CCN(CCc1ccncc1)C1=C(c2ccc(C)cc2)C(=O)N(Cc2ccncc2)C1=O. The van der Waals surface area contributed by atoms with Crippen molar-refractivity contribution in [3.05, 3.63) is 101 Å². The Balaban J connectivity index is 1.69. The Labute approximate surface area is 188 Å². The van der Waals surface area contributed by atoms with Crippen LogP contribution in [0.15, 0.2) is 79.0 Å². The molecular formula is C26H26N4O2. The van der Waals surface area contributed by atoms with Gasteiger partial charge in [0.2, 0.25) is 0 Å². The van der Waals surface area contributed by atoms with Gasteiger partial charge in [-0.05, 0) is 61.2 Å². The molecule has 0 fully saturated rings. The molecule has 162 valence electrons. The van der Waals surface area contributed by atoms with Crippen LogP contribution in [-0.2, 0) is 22.6 Å². The normalized spacial score (nSPS) is 13.8. The molecule has 0 radical (unpaired) electrons. The Kier molecular flexibility index (Phi) is 6.40. The zero-order valence-electron chi connectivity index (χ0n) is 18.4. The van der Waals surface area contributed by atoms with E-state index < -0.39 is 0 Å². The van der Waals surface area contributed by atoms with E-state index >= 15 is 0 Å². The molecule has 0 bridgehead atoms. The second kappa shape index (κ2) is 9.56. The lowest BCUT2D eigenvalue weighted by Gasteiger charge is -2.25. The maximum Gasteiger partial charge on any atom is 0.278 e. The van der Waals surface area contributed by atoms with Crippen LogP contribution in [0, 0.1) is 6.92 Å². The van der Waals surface area contributed by atoms with Crippen molar-refractivity contribution in [3.63, 3.8) is 0 Å². The molecule has 3 aromatic rings. The molecule has 6 nitrogen and oxygen atoms in total. The van der Waals surface area contributed by atoms with E-state index in [1.54, 1.807) is 24.8 Å². The molecule has 2 aromatic heterocycles. The summed E-state index contributed by atoms with van der Waals surface area (Å²) in [4.78, 5) is 38.5.